The van der Waals surface area contributed by atoms with Crippen LogP contribution in [0.4, 0.5) is 4.39 Å². The fraction of sp³-hybridized carbons (Fsp3) is 0.200. The van der Waals surface area contributed by atoms with Gasteiger partial charge in [-0.25, -0.2) is 4.39 Å². The van der Waals surface area contributed by atoms with E-state index in [0.717, 1.165) is 0 Å². The number of hydrogen-bond acceptors (Lipinski definition) is 3. The normalized spacial score (nSPS) is 10.3. The van der Waals surface area contributed by atoms with Crippen molar-refractivity contribution >= 4 is 0 Å². The number of halogens is 1. The number of para-hydroxylation sites is 1. The van der Waals surface area contributed by atoms with Gasteiger partial charge in [0, 0.05) is 7.05 Å². The highest BCUT2D eigenvalue weighted by molar-refractivity contribution is 5.23. The van der Waals surface area contributed by atoms with Crippen LogP contribution in [0.1, 0.15) is 5.69 Å². The Morgan fingerprint density at radius 1 is 1.40 bits per heavy atom. The number of nitrogens with zero attached hydrogens (tertiary/aromatic N) is 3. The van der Waals surface area contributed by atoms with Crippen molar-refractivity contribution in [1.82, 2.24) is 15.0 Å². The van der Waals surface area contributed by atoms with E-state index < -0.39 is 0 Å². The molecule has 0 amide bonds. The van der Waals surface area contributed by atoms with Crippen molar-refractivity contribution in [2.24, 2.45) is 7.05 Å². The van der Waals surface area contributed by atoms with Crippen LogP contribution in [0, 0.1) is 5.82 Å². The zero-order valence-electron chi connectivity index (χ0n) is 8.22. The molecule has 0 aliphatic rings. The molecule has 1 heterocycles. The van der Waals surface area contributed by atoms with Gasteiger partial charge in [-0.3, -0.25) is 4.68 Å². The molecule has 0 aliphatic carbocycles. The number of aryl methyl sites for hydroxylation is 1. The number of aromatic nitrogens is 3. The van der Waals surface area contributed by atoms with E-state index in [0.29, 0.717) is 5.69 Å². The lowest BCUT2D eigenvalue weighted by Gasteiger charge is -2.03. The third-order valence-electron chi connectivity index (χ3n) is 1.86. The standard InChI is InChI=1S/C10H10FN3O/c1-14-6-8(12-13-14)7-15-10-5-3-2-4-9(10)11/h2-6H,7H2,1H3. The average molecular weight is 207 g/mol. The molecular formula is C10H10FN3O. The van der Waals surface area contributed by atoms with Crippen molar-refractivity contribution in [3.8, 4) is 5.75 Å². The molecule has 4 nitrogen and oxygen atoms in total. The van der Waals surface area contributed by atoms with E-state index in [4.69, 9.17) is 4.74 Å². The molecule has 0 aliphatic heterocycles. The highest BCUT2D eigenvalue weighted by Gasteiger charge is 2.03. The maximum atomic E-state index is 13.1. The minimum absolute atomic E-state index is 0.217. The topological polar surface area (TPSA) is 39.9 Å². The second-order valence-corrected chi connectivity index (χ2v) is 3.10. The molecule has 0 saturated heterocycles. The van der Waals surface area contributed by atoms with Gasteiger partial charge in [-0.05, 0) is 12.1 Å². The highest BCUT2D eigenvalue weighted by Crippen LogP contribution is 2.16. The molecule has 2 rings (SSSR count). The second kappa shape index (κ2) is 4.08. The van der Waals surface area contributed by atoms with Crippen LogP contribution in [0.3, 0.4) is 0 Å². The van der Waals surface area contributed by atoms with Crippen LogP contribution in [-0.4, -0.2) is 15.0 Å². The summed E-state index contributed by atoms with van der Waals surface area (Å²) >= 11 is 0. The van der Waals surface area contributed by atoms with Gasteiger partial charge in [-0.15, -0.1) is 5.10 Å². The van der Waals surface area contributed by atoms with Crippen molar-refractivity contribution in [3.05, 3.63) is 42.0 Å². The molecule has 0 bridgehead atoms. The van der Waals surface area contributed by atoms with Gasteiger partial charge in [0.1, 0.15) is 12.3 Å². The van der Waals surface area contributed by atoms with Crippen molar-refractivity contribution < 1.29 is 9.13 Å². The van der Waals surface area contributed by atoms with E-state index >= 15 is 0 Å². The maximum Gasteiger partial charge on any atom is 0.165 e. The predicted octanol–water partition coefficient (Wildman–Crippen LogP) is 1.53. The monoisotopic (exact) mass is 207 g/mol. The number of benzene rings is 1. The quantitative estimate of drug-likeness (QED) is 0.766. The van der Waals surface area contributed by atoms with E-state index in [2.05, 4.69) is 10.3 Å². The van der Waals surface area contributed by atoms with Gasteiger partial charge in [0.2, 0.25) is 0 Å². The summed E-state index contributed by atoms with van der Waals surface area (Å²) in [5.41, 5.74) is 0.667. The van der Waals surface area contributed by atoms with E-state index in [1.54, 1.807) is 36.1 Å². The minimum Gasteiger partial charge on any atom is -0.484 e. The van der Waals surface area contributed by atoms with Crippen LogP contribution >= 0.6 is 0 Å². The molecule has 0 unspecified atom stereocenters. The number of rotatable bonds is 3. The summed E-state index contributed by atoms with van der Waals surface area (Å²) in [7, 11) is 1.76. The Morgan fingerprint density at radius 3 is 2.87 bits per heavy atom. The Kier molecular flexibility index (Phi) is 2.62. The van der Waals surface area contributed by atoms with Gasteiger partial charge in [-0.2, -0.15) is 0 Å². The first-order valence-electron chi connectivity index (χ1n) is 4.48. The summed E-state index contributed by atoms with van der Waals surface area (Å²) in [4.78, 5) is 0. The van der Waals surface area contributed by atoms with Crippen LogP contribution in [0.25, 0.3) is 0 Å². The molecule has 0 fully saturated rings. The van der Waals surface area contributed by atoms with E-state index in [9.17, 15) is 4.39 Å². The summed E-state index contributed by atoms with van der Waals surface area (Å²) in [5.74, 6) is -0.149. The molecule has 2 aromatic rings. The minimum atomic E-state index is -0.374. The summed E-state index contributed by atoms with van der Waals surface area (Å²) in [6, 6.07) is 6.26. The van der Waals surface area contributed by atoms with Gasteiger partial charge in [0.15, 0.2) is 11.6 Å². The average Bonchev–Trinajstić information content (AvgIpc) is 2.63. The third-order valence-corrected chi connectivity index (χ3v) is 1.86. The second-order valence-electron chi connectivity index (χ2n) is 3.10. The summed E-state index contributed by atoms with van der Waals surface area (Å²) in [6.45, 7) is 0.217. The van der Waals surface area contributed by atoms with Crippen LogP contribution in [0.2, 0.25) is 0 Å². The molecule has 15 heavy (non-hydrogen) atoms. The molecule has 78 valence electrons. The van der Waals surface area contributed by atoms with Crippen molar-refractivity contribution in [1.29, 1.82) is 0 Å². The summed E-state index contributed by atoms with van der Waals surface area (Å²) in [6.07, 6.45) is 1.72. The Morgan fingerprint density at radius 2 is 2.20 bits per heavy atom. The van der Waals surface area contributed by atoms with Crippen LogP contribution in [0.15, 0.2) is 30.5 Å². The summed E-state index contributed by atoms with van der Waals surface area (Å²) in [5, 5.41) is 7.57. The van der Waals surface area contributed by atoms with Crippen LogP contribution < -0.4 is 4.74 Å². The molecule has 1 aromatic carbocycles. The summed E-state index contributed by atoms with van der Waals surface area (Å²) < 4.78 is 19.9. The lowest BCUT2D eigenvalue weighted by atomic mass is 10.3. The van der Waals surface area contributed by atoms with Crippen molar-refractivity contribution in [2.75, 3.05) is 0 Å². The number of hydrogen-bond donors (Lipinski definition) is 0. The fourth-order valence-electron chi connectivity index (χ4n) is 1.17. The van der Waals surface area contributed by atoms with Crippen LogP contribution in [-0.2, 0) is 13.7 Å². The Hall–Kier alpha value is -1.91. The largest absolute Gasteiger partial charge is 0.484 e. The predicted molar refractivity (Wildman–Crippen MR) is 51.7 cm³/mol. The van der Waals surface area contributed by atoms with E-state index in [1.165, 1.54) is 6.07 Å². The van der Waals surface area contributed by atoms with Gasteiger partial charge in [-0.1, -0.05) is 17.3 Å². The fourth-order valence-corrected chi connectivity index (χ4v) is 1.17. The van der Waals surface area contributed by atoms with Gasteiger partial charge >= 0.3 is 0 Å². The Balaban J connectivity index is 2.02. The highest BCUT2D eigenvalue weighted by atomic mass is 19.1. The zero-order chi connectivity index (χ0) is 10.7. The van der Waals surface area contributed by atoms with Crippen LogP contribution in [0.5, 0.6) is 5.75 Å². The van der Waals surface area contributed by atoms with E-state index in [-0.39, 0.29) is 18.2 Å². The Bertz CT molecular complexity index is 455. The Labute approximate surface area is 86.3 Å². The SMILES string of the molecule is Cn1cc(COc2ccccc2F)nn1. The number of ether oxygens (including phenoxy) is 1. The first-order chi connectivity index (χ1) is 7.25. The third kappa shape index (κ3) is 2.31. The molecule has 0 spiro atoms. The van der Waals surface area contributed by atoms with E-state index in [1.807, 2.05) is 0 Å². The molecule has 0 radical (unpaired) electrons. The molecule has 0 atom stereocenters. The lowest BCUT2D eigenvalue weighted by molar-refractivity contribution is 0.286. The van der Waals surface area contributed by atoms with Gasteiger partial charge < -0.3 is 4.74 Å². The zero-order valence-corrected chi connectivity index (χ0v) is 8.22. The first kappa shape index (κ1) is 9.64. The molecule has 0 N–H and O–H groups in total. The van der Waals surface area contributed by atoms with Crippen molar-refractivity contribution in [2.45, 2.75) is 6.61 Å². The first-order valence-corrected chi connectivity index (χ1v) is 4.48. The van der Waals surface area contributed by atoms with Gasteiger partial charge in [0.25, 0.3) is 0 Å². The smallest absolute Gasteiger partial charge is 0.165 e. The molecular weight excluding hydrogens is 197 g/mol. The lowest BCUT2D eigenvalue weighted by Crippen LogP contribution is -1.97. The molecule has 5 heteroatoms. The molecule has 1 aromatic heterocycles. The molecule has 0 saturated carbocycles. The van der Waals surface area contributed by atoms with Gasteiger partial charge in [0.05, 0.1) is 6.20 Å². The maximum absolute atomic E-state index is 13.1. The van der Waals surface area contributed by atoms with Crippen molar-refractivity contribution in [3.63, 3.8) is 0 Å².